The summed E-state index contributed by atoms with van der Waals surface area (Å²) in [6.45, 7) is 7.53. The Morgan fingerprint density at radius 2 is 2.00 bits per heavy atom. The Kier molecular flexibility index (Phi) is 9.38. The largest absolute Gasteiger partial charge is 0.494 e. The van der Waals surface area contributed by atoms with Gasteiger partial charge in [0.25, 0.3) is 0 Å². The van der Waals surface area contributed by atoms with Gasteiger partial charge < -0.3 is 15.4 Å². The molecule has 108 valence electrons. The second-order valence-electron chi connectivity index (χ2n) is 4.27. The van der Waals surface area contributed by atoms with E-state index in [1.165, 1.54) is 0 Å². The van der Waals surface area contributed by atoms with Crippen LogP contribution in [0.25, 0.3) is 0 Å². The molecule has 0 heterocycles. The quantitative estimate of drug-likeness (QED) is 0.471. The van der Waals surface area contributed by atoms with Crippen LogP contribution >= 0.6 is 24.0 Å². The minimum Gasteiger partial charge on any atom is -0.494 e. The molecule has 0 saturated heterocycles. The van der Waals surface area contributed by atoms with Gasteiger partial charge in [0, 0.05) is 25.2 Å². The Morgan fingerprint density at radius 1 is 1.32 bits per heavy atom. The van der Waals surface area contributed by atoms with E-state index in [9.17, 15) is 0 Å². The molecule has 0 atom stereocenters. The van der Waals surface area contributed by atoms with E-state index in [2.05, 4.69) is 35.5 Å². The van der Waals surface area contributed by atoms with Crippen molar-refractivity contribution in [3.8, 4) is 5.75 Å². The van der Waals surface area contributed by atoms with Crippen molar-refractivity contribution in [1.82, 2.24) is 10.6 Å². The van der Waals surface area contributed by atoms with E-state index in [1.807, 2.05) is 25.1 Å². The van der Waals surface area contributed by atoms with Crippen LogP contribution in [0.1, 0.15) is 26.3 Å². The maximum Gasteiger partial charge on any atom is 0.191 e. The third-order valence-electron chi connectivity index (χ3n) is 2.37. The fraction of sp³-hybridized carbons (Fsp3) is 0.500. The Hall–Kier alpha value is -0.980. The van der Waals surface area contributed by atoms with Crippen molar-refractivity contribution in [3.63, 3.8) is 0 Å². The van der Waals surface area contributed by atoms with Gasteiger partial charge in [0.15, 0.2) is 5.96 Å². The highest BCUT2D eigenvalue weighted by molar-refractivity contribution is 14.0. The van der Waals surface area contributed by atoms with E-state index in [1.54, 1.807) is 7.05 Å². The Labute approximate surface area is 133 Å². The van der Waals surface area contributed by atoms with Crippen LogP contribution in [0.3, 0.4) is 0 Å². The van der Waals surface area contributed by atoms with Gasteiger partial charge in [-0.05, 0) is 26.8 Å². The molecule has 0 fully saturated rings. The first-order chi connectivity index (χ1) is 8.67. The number of hydrogen-bond acceptors (Lipinski definition) is 2. The molecule has 0 aliphatic heterocycles. The van der Waals surface area contributed by atoms with Gasteiger partial charge in [-0.15, -0.1) is 24.0 Å². The van der Waals surface area contributed by atoms with Gasteiger partial charge in [-0.1, -0.05) is 18.2 Å². The van der Waals surface area contributed by atoms with Crippen molar-refractivity contribution in [1.29, 1.82) is 0 Å². The number of hydrogen-bond donors (Lipinski definition) is 2. The lowest BCUT2D eigenvalue weighted by atomic mass is 10.2. The predicted molar refractivity (Wildman–Crippen MR) is 91.5 cm³/mol. The van der Waals surface area contributed by atoms with Gasteiger partial charge in [-0.25, -0.2) is 0 Å². The molecule has 0 spiro atoms. The fourth-order valence-electron chi connectivity index (χ4n) is 1.59. The van der Waals surface area contributed by atoms with Crippen molar-refractivity contribution in [2.24, 2.45) is 4.99 Å². The van der Waals surface area contributed by atoms with E-state index < -0.39 is 0 Å². The van der Waals surface area contributed by atoms with Crippen LogP contribution in [-0.2, 0) is 6.54 Å². The second-order valence-corrected chi connectivity index (χ2v) is 4.27. The maximum absolute atomic E-state index is 5.58. The summed E-state index contributed by atoms with van der Waals surface area (Å²) in [4.78, 5) is 4.17. The van der Waals surface area contributed by atoms with Crippen molar-refractivity contribution in [2.45, 2.75) is 33.4 Å². The van der Waals surface area contributed by atoms with E-state index >= 15 is 0 Å². The number of halogens is 1. The van der Waals surface area contributed by atoms with E-state index in [0.717, 1.165) is 17.3 Å². The number of ether oxygens (including phenoxy) is 1. The molecule has 0 amide bonds. The first kappa shape index (κ1) is 18.0. The average Bonchev–Trinajstić information content (AvgIpc) is 2.36. The smallest absolute Gasteiger partial charge is 0.191 e. The van der Waals surface area contributed by atoms with Crippen molar-refractivity contribution in [2.75, 3.05) is 13.7 Å². The highest BCUT2D eigenvalue weighted by Crippen LogP contribution is 2.17. The van der Waals surface area contributed by atoms with E-state index in [-0.39, 0.29) is 24.0 Å². The molecule has 0 aliphatic carbocycles. The number of para-hydroxylation sites is 1. The summed E-state index contributed by atoms with van der Waals surface area (Å²) < 4.78 is 5.58. The van der Waals surface area contributed by atoms with Crippen molar-refractivity contribution >= 4 is 29.9 Å². The molecule has 0 bridgehead atoms. The van der Waals surface area contributed by atoms with Crippen LogP contribution in [0, 0.1) is 0 Å². The number of nitrogens with zero attached hydrogens (tertiary/aromatic N) is 1. The second kappa shape index (κ2) is 9.89. The Bertz CT molecular complexity index is 394. The first-order valence-electron chi connectivity index (χ1n) is 6.35. The zero-order valence-electron chi connectivity index (χ0n) is 12.1. The molecule has 0 aliphatic rings. The minimum atomic E-state index is 0. The lowest BCUT2D eigenvalue weighted by molar-refractivity contribution is 0.336. The molecular formula is C14H24IN3O. The van der Waals surface area contributed by atoms with E-state index in [0.29, 0.717) is 19.2 Å². The van der Waals surface area contributed by atoms with Gasteiger partial charge in [0.1, 0.15) is 5.75 Å². The highest BCUT2D eigenvalue weighted by atomic mass is 127. The van der Waals surface area contributed by atoms with Crippen molar-refractivity contribution in [3.05, 3.63) is 29.8 Å². The molecule has 4 nitrogen and oxygen atoms in total. The molecule has 0 aromatic heterocycles. The predicted octanol–water partition coefficient (Wildman–Crippen LogP) is 2.78. The van der Waals surface area contributed by atoms with Gasteiger partial charge in [0.2, 0.25) is 0 Å². The van der Waals surface area contributed by atoms with Crippen LogP contribution in [-0.4, -0.2) is 25.7 Å². The summed E-state index contributed by atoms with van der Waals surface area (Å²) in [5, 5.41) is 6.52. The van der Waals surface area contributed by atoms with E-state index in [4.69, 9.17) is 4.74 Å². The molecule has 1 aromatic rings. The zero-order valence-corrected chi connectivity index (χ0v) is 14.4. The number of benzene rings is 1. The third-order valence-corrected chi connectivity index (χ3v) is 2.37. The van der Waals surface area contributed by atoms with Crippen LogP contribution < -0.4 is 15.4 Å². The van der Waals surface area contributed by atoms with Gasteiger partial charge in [0.05, 0.1) is 6.61 Å². The number of guanidine groups is 1. The molecule has 5 heteroatoms. The Morgan fingerprint density at radius 3 is 2.58 bits per heavy atom. The summed E-state index contributed by atoms with van der Waals surface area (Å²) >= 11 is 0. The molecule has 1 aromatic carbocycles. The number of rotatable bonds is 5. The monoisotopic (exact) mass is 377 g/mol. The van der Waals surface area contributed by atoms with Crippen LogP contribution in [0.4, 0.5) is 0 Å². The summed E-state index contributed by atoms with van der Waals surface area (Å²) in [6.07, 6.45) is 0. The molecular weight excluding hydrogens is 353 g/mol. The lowest BCUT2D eigenvalue weighted by Crippen LogP contribution is -2.40. The highest BCUT2D eigenvalue weighted by Gasteiger charge is 2.04. The van der Waals surface area contributed by atoms with Crippen molar-refractivity contribution < 1.29 is 4.74 Å². The maximum atomic E-state index is 5.58. The van der Waals surface area contributed by atoms with Crippen LogP contribution in [0.2, 0.25) is 0 Å². The zero-order chi connectivity index (χ0) is 13.4. The molecule has 0 radical (unpaired) electrons. The SMILES string of the molecule is CCOc1ccccc1CNC(=NC)NC(C)C.I. The van der Waals surface area contributed by atoms with Gasteiger partial charge in [-0.3, -0.25) is 4.99 Å². The standard InChI is InChI=1S/C14H23N3O.HI/c1-5-18-13-9-7-6-8-12(13)10-16-14(15-4)17-11(2)3;/h6-9,11H,5,10H2,1-4H3,(H2,15,16,17);1H. The fourth-order valence-corrected chi connectivity index (χ4v) is 1.59. The molecule has 1 rings (SSSR count). The average molecular weight is 377 g/mol. The normalized spacial score (nSPS) is 10.9. The summed E-state index contributed by atoms with van der Waals surface area (Å²) in [5.41, 5.74) is 1.13. The topological polar surface area (TPSA) is 45.6 Å². The molecule has 2 N–H and O–H groups in total. The third kappa shape index (κ3) is 6.66. The van der Waals surface area contributed by atoms with Crippen LogP contribution in [0.5, 0.6) is 5.75 Å². The van der Waals surface area contributed by atoms with Gasteiger partial charge >= 0.3 is 0 Å². The minimum absolute atomic E-state index is 0. The summed E-state index contributed by atoms with van der Waals surface area (Å²) in [5.74, 6) is 1.73. The summed E-state index contributed by atoms with van der Waals surface area (Å²) in [7, 11) is 1.77. The first-order valence-corrected chi connectivity index (χ1v) is 6.35. The van der Waals surface area contributed by atoms with Gasteiger partial charge in [-0.2, -0.15) is 0 Å². The number of nitrogens with one attached hydrogen (secondary N) is 2. The molecule has 0 saturated carbocycles. The lowest BCUT2D eigenvalue weighted by Gasteiger charge is -2.16. The number of aliphatic imine (C=N–C) groups is 1. The Balaban J connectivity index is 0.00000324. The van der Waals surface area contributed by atoms with Crippen LogP contribution in [0.15, 0.2) is 29.3 Å². The molecule has 0 unspecified atom stereocenters. The summed E-state index contributed by atoms with van der Waals surface area (Å²) in [6, 6.07) is 8.39. The molecule has 19 heavy (non-hydrogen) atoms.